The lowest BCUT2D eigenvalue weighted by molar-refractivity contribution is 0.129. The van der Waals surface area contributed by atoms with E-state index in [4.69, 9.17) is 4.74 Å². The highest BCUT2D eigenvalue weighted by atomic mass is 16.5. The average Bonchev–Trinajstić information content (AvgIpc) is 2.57. The third-order valence-corrected chi connectivity index (χ3v) is 3.51. The summed E-state index contributed by atoms with van der Waals surface area (Å²) in [5.41, 5.74) is 1.79. The molecule has 0 aromatic heterocycles. The molecule has 0 unspecified atom stereocenters. The van der Waals surface area contributed by atoms with Gasteiger partial charge >= 0.3 is 0 Å². The summed E-state index contributed by atoms with van der Waals surface area (Å²) in [5.74, 6) is 1.85. The third-order valence-electron chi connectivity index (χ3n) is 3.51. The standard InChI is InChI=1S/C21H29N3O2/c1-5-22-20(23-14-16-9-8-11-18(25)13-16)24-15-17-10-6-7-12-19(17)26-21(2,3)4/h6-13,25H,5,14-15H2,1-4H3,(H2,22,23,24). The maximum Gasteiger partial charge on any atom is 0.191 e. The highest BCUT2D eigenvalue weighted by Crippen LogP contribution is 2.22. The maximum atomic E-state index is 9.56. The van der Waals surface area contributed by atoms with Gasteiger partial charge in [-0.3, -0.25) is 0 Å². The molecule has 0 amide bonds. The molecule has 5 nitrogen and oxygen atoms in total. The Kier molecular flexibility index (Phi) is 6.89. The number of phenols is 1. The van der Waals surface area contributed by atoms with Gasteiger partial charge in [0, 0.05) is 18.7 Å². The van der Waals surface area contributed by atoms with Crippen molar-refractivity contribution in [1.82, 2.24) is 10.6 Å². The van der Waals surface area contributed by atoms with Gasteiger partial charge in [0.25, 0.3) is 0 Å². The highest BCUT2D eigenvalue weighted by molar-refractivity contribution is 5.79. The van der Waals surface area contributed by atoms with Crippen molar-refractivity contribution in [1.29, 1.82) is 0 Å². The van der Waals surface area contributed by atoms with Crippen molar-refractivity contribution in [2.24, 2.45) is 4.99 Å². The molecule has 2 aromatic carbocycles. The summed E-state index contributed by atoms with van der Waals surface area (Å²) in [4.78, 5) is 4.59. The molecule has 0 saturated heterocycles. The molecule has 0 bridgehead atoms. The Morgan fingerprint density at radius 2 is 1.85 bits per heavy atom. The van der Waals surface area contributed by atoms with Crippen LogP contribution in [-0.4, -0.2) is 23.2 Å². The first-order valence-corrected chi connectivity index (χ1v) is 8.94. The summed E-state index contributed by atoms with van der Waals surface area (Å²) in [6.07, 6.45) is 0. The molecule has 5 heteroatoms. The number of nitrogens with zero attached hydrogens (tertiary/aromatic N) is 1. The van der Waals surface area contributed by atoms with E-state index in [-0.39, 0.29) is 11.4 Å². The van der Waals surface area contributed by atoms with Crippen molar-refractivity contribution in [2.45, 2.75) is 46.4 Å². The quantitative estimate of drug-likeness (QED) is 0.544. The molecule has 0 spiro atoms. The predicted octanol–water partition coefficient (Wildman–Crippen LogP) is 3.82. The number of rotatable bonds is 6. The zero-order chi connectivity index (χ0) is 19.0. The van der Waals surface area contributed by atoms with E-state index in [1.165, 1.54) is 0 Å². The van der Waals surface area contributed by atoms with Crippen molar-refractivity contribution in [3.05, 3.63) is 59.7 Å². The Morgan fingerprint density at radius 1 is 1.08 bits per heavy atom. The van der Waals surface area contributed by atoms with Crippen LogP contribution in [0, 0.1) is 0 Å². The van der Waals surface area contributed by atoms with Crippen LogP contribution in [0.2, 0.25) is 0 Å². The van der Waals surface area contributed by atoms with E-state index in [1.807, 2.05) is 64.1 Å². The van der Waals surface area contributed by atoms with Crippen LogP contribution in [-0.2, 0) is 13.1 Å². The Balaban J connectivity index is 2.05. The van der Waals surface area contributed by atoms with Gasteiger partial charge in [-0.25, -0.2) is 4.99 Å². The summed E-state index contributed by atoms with van der Waals surface area (Å²) in [6, 6.07) is 15.2. The minimum atomic E-state index is -0.246. The van der Waals surface area contributed by atoms with E-state index in [2.05, 4.69) is 15.6 Å². The van der Waals surface area contributed by atoms with E-state index in [0.29, 0.717) is 13.1 Å². The minimum absolute atomic E-state index is 0.246. The highest BCUT2D eigenvalue weighted by Gasteiger charge is 2.14. The van der Waals surface area contributed by atoms with Crippen LogP contribution in [0.4, 0.5) is 0 Å². The van der Waals surface area contributed by atoms with Gasteiger partial charge in [0.15, 0.2) is 5.96 Å². The van der Waals surface area contributed by atoms with Crippen LogP contribution in [0.15, 0.2) is 53.5 Å². The fourth-order valence-electron chi connectivity index (χ4n) is 2.43. The number of aromatic hydroxyl groups is 1. The van der Waals surface area contributed by atoms with E-state index >= 15 is 0 Å². The number of ether oxygens (including phenoxy) is 1. The number of guanidine groups is 1. The molecular weight excluding hydrogens is 326 g/mol. The summed E-state index contributed by atoms with van der Waals surface area (Å²) >= 11 is 0. The van der Waals surface area contributed by atoms with Crippen molar-refractivity contribution < 1.29 is 9.84 Å². The Bertz CT molecular complexity index is 736. The number of hydrogen-bond acceptors (Lipinski definition) is 3. The van der Waals surface area contributed by atoms with Crippen LogP contribution < -0.4 is 15.4 Å². The molecule has 2 aromatic rings. The maximum absolute atomic E-state index is 9.56. The Hall–Kier alpha value is -2.69. The smallest absolute Gasteiger partial charge is 0.191 e. The predicted molar refractivity (Wildman–Crippen MR) is 107 cm³/mol. The van der Waals surface area contributed by atoms with Crippen LogP contribution in [0.1, 0.15) is 38.8 Å². The van der Waals surface area contributed by atoms with Crippen LogP contribution in [0.3, 0.4) is 0 Å². The zero-order valence-electron chi connectivity index (χ0n) is 16.0. The lowest BCUT2D eigenvalue weighted by atomic mass is 10.1. The number of hydrogen-bond donors (Lipinski definition) is 3. The molecule has 26 heavy (non-hydrogen) atoms. The Labute approximate surface area is 156 Å². The summed E-state index contributed by atoms with van der Waals surface area (Å²) in [5, 5.41) is 16.1. The molecule has 0 saturated carbocycles. The van der Waals surface area contributed by atoms with Gasteiger partial charge < -0.3 is 20.5 Å². The molecule has 0 atom stereocenters. The number of phenolic OH excluding ortho intramolecular Hbond substituents is 1. The molecule has 0 radical (unpaired) electrons. The first kappa shape index (κ1) is 19.6. The van der Waals surface area contributed by atoms with Crippen molar-refractivity contribution in [2.75, 3.05) is 6.54 Å². The normalized spacial score (nSPS) is 11.9. The van der Waals surface area contributed by atoms with E-state index in [9.17, 15) is 5.11 Å². The average molecular weight is 355 g/mol. The molecular formula is C21H29N3O2. The number of benzene rings is 2. The second-order valence-corrected chi connectivity index (χ2v) is 7.04. The van der Waals surface area contributed by atoms with Crippen molar-refractivity contribution in [3.8, 4) is 11.5 Å². The van der Waals surface area contributed by atoms with E-state index in [1.54, 1.807) is 12.1 Å². The fraction of sp³-hybridized carbons (Fsp3) is 0.381. The molecule has 2 rings (SSSR count). The lowest BCUT2D eigenvalue weighted by Gasteiger charge is -2.23. The molecule has 140 valence electrons. The van der Waals surface area contributed by atoms with Crippen molar-refractivity contribution >= 4 is 5.96 Å². The minimum Gasteiger partial charge on any atom is -0.508 e. The van der Waals surface area contributed by atoms with Gasteiger partial charge in [0.05, 0.1) is 6.54 Å². The van der Waals surface area contributed by atoms with E-state index < -0.39 is 0 Å². The summed E-state index contributed by atoms with van der Waals surface area (Å²) in [6.45, 7) is 10.0. The van der Waals surface area contributed by atoms with Gasteiger partial charge in [-0.15, -0.1) is 0 Å². The van der Waals surface area contributed by atoms with Gasteiger partial charge in [0.1, 0.15) is 17.1 Å². The van der Waals surface area contributed by atoms with Gasteiger partial charge in [-0.2, -0.15) is 0 Å². The summed E-state index contributed by atoms with van der Waals surface area (Å²) < 4.78 is 6.04. The largest absolute Gasteiger partial charge is 0.508 e. The molecule has 0 heterocycles. The molecule has 0 aliphatic rings. The third kappa shape index (κ3) is 6.67. The van der Waals surface area contributed by atoms with Gasteiger partial charge in [-0.1, -0.05) is 30.3 Å². The second-order valence-electron chi connectivity index (χ2n) is 7.04. The number of aliphatic imine (C=N–C) groups is 1. The van der Waals surface area contributed by atoms with Crippen LogP contribution in [0.25, 0.3) is 0 Å². The SMILES string of the molecule is CCNC(=NCc1cccc(O)c1)NCc1ccccc1OC(C)(C)C. The zero-order valence-corrected chi connectivity index (χ0v) is 16.0. The van der Waals surface area contributed by atoms with Crippen LogP contribution in [0.5, 0.6) is 11.5 Å². The van der Waals surface area contributed by atoms with E-state index in [0.717, 1.165) is 29.4 Å². The van der Waals surface area contributed by atoms with Gasteiger partial charge in [0.2, 0.25) is 0 Å². The molecule has 0 aliphatic heterocycles. The fourth-order valence-corrected chi connectivity index (χ4v) is 2.43. The first-order valence-electron chi connectivity index (χ1n) is 8.94. The molecule has 3 N–H and O–H groups in total. The number of para-hydroxylation sites is 1. The summed E-state index contributed by atoms with van der Waals surface area (Å²) in [7, 11) is 0. The lowest BCUT2D eigenvalue weighted by Crippen LogP contribution is -2.37. The van der Waals surface area contributed by atoms with Crippen molar-refractivity contribution in [3.63, 3.8) is 0 Å². The second kappa shape index (κ2) is 9.13. The molecule has 0 fully saturated rings. The number of nitrogens with one attached hydrogen (secondary N) is 2. The Morgan fingerprint density at radius 3 is 2.54 bits per heavy atom. The topological polar surface area (TPSA) is 65.9 Å². The van der Waals surface area contributed by atoms with Gasteiger partial charge in [-0.05, 0) is 51.5 Å². The monoisotopic (exact) mass is 355 g/mol. The first-order chi connectivity index (χ1) is 12.4. The molecule has 0 aliphatic carbocycles. The van der Waals surface area contributed by atoms with Crippen LogP contribution >= 0.6 is 0 Å².